The van der Waals surface area contributed by atoms with Gasteiger partial charge in [-0.1, -0.05) is 16.5 Å². The minimum Gasteiger partial charge on any atom is -0.361 e. The second-order valence-corrected chi connectivity index (χ2v) is 8.86. The van der Waals surface area contributed by atoms with E-state index in [-0.39, 0.29) is 17.0 Å². The van der Waals surface area contributed by atoms with Crippen molar-refractivity contribution in [3.05, 3.63) is 22.5 Å². The first-order chi connectivity index (χ1) is 11.6. The fourth-order valence-electron chi connectivity index (χ4n) is 5.50. The summed E-state index contributed by atoms with van der Waals surface area (Å²) in [6, 6.07) is 1.62. The van der Waals surface area contributed by atoms with E-state index < -0.39 is 0 Å². The van der Waals surface area contributed by atoms with Gasteiger partial charge in [0.15, 0.2) is 5.69 Å². The Bertz CT molecular complexity index is 761. The predicted molar refractivity (Wildman–Crippen MR) is 89.0 cm³/mol. The van der Waals surface area contributed by atoms with Gasteiger partial charge < -0.3 is 4.52 Å². The van der Waals surface area contributed by atoms with Gasteiger partial charge in [0.05, 0.1) is 0 Å². The van der Waals surface area contributed by atoms with E-state index in [0.29, 0.717) is 10.9 Å². The van der Waals surface area contributed by atoms with Crippen LogP contribution < -0.4 is 5.32 Å². The molecule has 4 fully saturated rings. The molecular formula is C17H20N4O2S. The van der Waals surface area contributed by atoms with Gasteiger partial charge in [-0.2, -0.15) is 0 Å². The molecule has 126 valence electrons. The Balaban J connectivity index is 1.37. The zero-order valence-electron chi connectivity index (χ0n) is 13.6. The van der Waals surface area contributed by atoms with Crippen LogP contribution in [0.5, 0.6) is 0 Å². The van der Waals surface area contributed by atoms with Crippen LogP contribution in [0.25, 0.3) is 0 Å². The standard InChI is InChI=1S/C17H20N4O2S/c1-9-2-13(21-23-9)14(22)18-16-20-19-15(24-16)17-6-10-3-11(7-17)5-12(4-10)8-17/h2,10-12H,3-8H2,1H3,(H,18,20,22). The molecule has 4 aliphatic carbocycles. The number of hydrogen-bond donors (Lipinski definition) is 1. The zero-order chi connectivity index (χ0) is 16.3. The fraction of sp³-hybridized carbons (Fsp3) is 0.647. The molecular weight excluding hydrogens is 324 g/mol. The van der Waals surface area contributed by atoms with E-state index in [9.17, 15) is 4.79 Å². The molecule has 0 aliphatic heterocycles. The molecule has 2 aromatic rings. The molecule has 24 heavy (non-hydrogen) atoms. The van der Waals surface area contributed by atoms with E-state index in [4.69, 9.17) is 4.52 Å². The second-order valence-electron chi connectivity index (χ2n) is 7.89. The van der Waals surface area contributed by atoms with Crippen molar-refractivity contribution in [1.29, 1.82) is 0 Å². The third-order valence-electron chi connectivity index (χ3n) is 6.00. The first-order valence-electron chi connectivity index (χ1n) is 8.68. The van der Waals surface area contributed by atoms with Crippen LogP contribution in [-0.4, -0.2) is 21.3 Å². The zero-order valence-corrected chi connectivity index (χ0v) is 14.4. The summed E-state index contributed by atoms with van der Waals surface area (Å²) in [7, 11) is 0. The number of rotatable bonds is 3. The van der Waals surface area contributed by atoms with Crippen molar-refractivity contribution in [3.63, 3.8) is 0 Å². The van der Waals surface area contributed by atoms with Gasteiger partial charge in [-0.05, 0) is 63.2 Å². The Morgan fingerprint density at radius 3 is 2.46 bits per heavy atom. The first-order valence-corrected chi connectivity index (χ1v) is 9.50. The number of nitrogens with one attached hydrogen (secondary N) is 1. The van der Waals surface area contributed by atoms with Gasteiger partial charge in [-0.15, -0.1) is 10.2 Å². The largest absolute Gasteiger partial charge is 0.361 e. The van der Waals surface area contributed by atoms with Crippen LogP contribution in [0, 0.1) is 24.7 Å². The highest BCUT2D eigenvalue weighted by molar-refractivity contribution is 7.15. The average Bonchev–Trinajstić information content (AvgIpc) is 3.15. The Morgan fingerprint density at radius 1 is 1.21 bits per heavy atom. The van der Waals surface area contributed by atoms with Gasteiger partial charge in [-0.3, -0.25) is 10.1 Å². The minimum absolute atomic E-state index is 0.222. The molecule has 1 amide bonds. The lowest BCUT2D eigenvalue weighted by Gasteiger charge is -2.55. The van der Waals surface area contributed by atoms with E-state index in [1.165, 1.54) is 49.9 Å². The summed E-state index contributed by atoms with van der Waals surface area (Å²) in [5.74, 6) is 2.94. The second kappa shape index (κ2) is 5.12. The third kappa shape index (κ3) is 2.29. The summed E-state index contributed by atoms with van der Waals surface area (Å²) in [4.78, 5) is 12.2. The lowest BCUT2D eigenvalue weighted by molar-refractivity contribution is -0.00555. The highest BCUT2D eigenvalue weighted by atomic mass is 32.1. The lowest BCUT2D eigenvalue weighted by atomic mass is 9.50. The Morgan fingerprint density at radius 2 is 1.88 bits per heavy atom. The van der Waals surface area contributed by atoms with Crippen LogP contribution in [0.2, 0.25) is 0 Å². The number of hydrogen-bond acceptors (Lipinski definition) is 6. The van der Waals surface area contributed by atoms with Crippen LogP contribution in [0.4, 0.5) is 5.13 Å². The summed E-state index contributed by atoms with van der Waals surface area (Å²) in [5.41, 5.74) is 0.499. The van der Waals surface area contributed by atoms with Gasteiger partial charge in [0, 0.05) is 11.5 Å². The summed E-state index contributed by atoms with van der Waals surface area (Å²) in [6.45, 7) is 1.76. The Kier molecular flexibility index (Phi) is 3.11. The molecule has 4 aliphatic rings. The van der Waals surface area contributed by atoms with Crippen molar-refractivity contribution < 1.29 is 9.32 Å². The summed E-state index contributed by atoms with van der Waals surface area (Å²) < 4.78 is 4.95. The Labute approximate surface area is 144 Å². The number of aryl methyl sites for hydroxylation is 1. The monoisotopic (exact) mass is 344 g/mol. The van der Waals surface area contributed by atoms with Gasteiger partial charge in [0.2, 0.25) is 5.13 Å². The first kappa shape index (κ1) is 14.6. The topological polar surface area (TPSA) is 80.9 Å². The van der Waals surface area contributed by atoms with Crippen molar-refractivity contribution in [2.45, 2.75) is 50.9 Å². The highest BCUT2D eigenvalue weighted by Gasteiger charge is 2.53. The number of amides is 1. The van der Waals surface area contributed by atoms with Crippen LogP contribution >= 0.6 is 11.3 Å². The van der Waals surface area contributed by atoms with Crippen molar-refractivity contribution in [2.24, 2.45) is 17.8 Å². The van der Waals surface area contributed by atoms with Gasteiger partial charge in [0.25, 0.3) is 5.91 Å². The van der Waals surface area contributed by atoms with Crippen molar-refractivity contribution >= 4 is 22.4 Å². The van der Waals surface area contributed by atoms with Crippen LogP contribution in [-0.2, 0) is 5.41 Å². The number of carbonyl (C=O) groups is 1. The smallest absolute Gasteiger partial charge is 0.279 e. The third-order valence-corrected chi connectivity index (χ3v) is 7.08. The molecule has 6 rings (SSSR count). The summed E-state index contributed by atoms with van der Waals surface area (Å²) in [6.07, 6.45) is 7.99. The highest BCUT2D eigenvalue weighted by Crippen LogP contribution is 2.61. The van der Waals surface area contributed by atoms with Gasteiger partial charge >= 0.3 is 0 Å². The number of nitrogens with zero attached hydrogens (tertiary/aromatic N) is 3. The van der Waals surface area contributed by atoms with E-state index >= 15 is 0 Å². The summed E-state index contributed by atoms with van der Waals surface area (Å²) in [5, 5.41) is 16.9. The molecule has 1 N–H and O–H groups in total. The molecule has 0 saturated heterocycles. The van der Waals surface area contributed by atoms with Gasteiger partial charge in [0.1, 0.15) is 10.8 Å². The van der Waals surface area contributed by atoms with Crippen LogP contribution in [0.3, 0.4) is 0 Å². The molecule has 0 aromatic carbocycles. The van der Waals surface area contributed by atoms with Crippen LogP contribution in [0.15, 0.2) is 10.6 Å². The van der Waals surface area contributed by atoms with E-state index in [2.05, 4.69) is 20.7 Å². The molecule has 6 nitrogen and oxygen atoms in total. The molecule has 0 radical (unpaired) electrons. The molecule has 7 heteroatoms. The maximum atomic E-state index is 12.2. The lowest BCUT2D eigenvalue weighted by Crippen LogP contribution is -2.48. The SMILES string of the molecule is Cc1cc(C(=O)Nc2nnc(C34CC5CC(CC(C5)C3)C4)s2)no1. The number of anilines is 1. The molecule has 0 spiro atoms. The maximum absolute atomic E-state index is 12.2. The van der Waals surface area contributed by atoms with Gasteiger partial charge in [-0.25, -0.2) is 0 Å². The predicted octanol–water partition coefficient (Wildman–Crippen LogP) is 3.55. The maximum Gasteiger partial charge on any atom is 0.279 e. The quantitative estimate of drug-likeness (QED) is 0.921. The number of aromatic nitrogens is 3. The van der Waals surface area contributed by atoms with Crippen molar-refractivity contribution in [3.8, 4) is 0 Å². The average molecular weight is 344 g/mol. The van der Waals surface area contributed by atoms with Crippen molar-refractivity contribution in [2.75, 3.05) is 5.32 Å². The molecule has 2 aromatic heterocycles. The molecule has 2 heterocycles. The Hall–Kier alpha value is -1.76. The molecule has 4 saturated carbocycles. The molecule has 4 bridgehead atoms. The van der Waals surface area contributed by atoms with Crippen LogP contribution in [0.1, 0.15) is 59.8 Å². The number of carbonyl (C=O) groups excluding carboxylic acids is 1. The van der Waals surface area contributed by atoms with E-state index in [0.717, 1.165) is 22.8 Å². The summed E-state index contributed by atoms with van der Waals surface area (Å²) >= 11 is 1.54. The van der Waals surface area contributed by atoms with E-state index in [1.54, 1.807) is 13.0 Å². The minimum atomic E-state index is -0.292. The normalized spacial score (nSPS) is 33.8. The van der Waals surface area contributed by atoms with E-state index in [1.807, 2.05) is 0 Å². The fourth-order valence-corrected chi connectivity index (χ4v) is 6.45. The van der Waals surface area contributed by atoms with Crippen molar-refractivity contribution in [1.82, 2.24) is 15.4 Å². The molecule has 0 atom stereocenters. The molecule has 0 unspecified atom stereocenters.